The molecule has 0 fully saturated rings. The smallest absolute Gasteiger partial charge is 0.241 e. The first-order valence-electron chi connectivity index (χ1n) is 6.22. The topological polar surface area (TPSA) is 89.3 Å². The van der Waals surface area contributed by atoms with Gasteiger partial charge in [0.05, 0.1) is 16.6 Å². The van der Waals surface area contributed by atoms with Gasteiger partial charge in [-0.15, -0.1) is 0 Å². The van der Waals surface area contributed by atoms with Crippen molar-refractivity contribution in [1.29, 1.82) is 0 Å². The fourth-order valence-electron chi connectivity index (χ4n) is 1.56. The Morgan fingerprint density at radius 1 is 1.45 bits per heavy atom. The van der Waals surface area contributed by atoms with E-state index in [9.17, 15) is 17.6 Å². The number of carbonyl (C=O) groups excluding carboxylic acids is 1. The van der Waals surface area contributed by atoms with Crippen LogP contribution >= 0.6 is 0 Å². The van der Waals surface area contributed by atoms with E-state index >= 15 is 0 Å². The first-order valence-corrected chi connectivity index (χ1v) is 8.12. The van der Waals surface area contributed by atoms with Crippen LogP contribution in [0.5, 0.6) is 0 Å². The fourth-order valence-corrected chi connectivity index (χ4v) is 2.21. The van der Waals surface area contributed by atoms with E-state index in [1.807, 2.05) is 13.8 Å². The van der Waals surface area contributed by atoms with Crippen LogP contribution in [0.4, 0.5) is 10.1 Å². The molecule has 2 atom stereocenters. The number of hydrogen-bond acceptors (Lipinski definition) is 4. The highest BCUT2D eigenvalue weighted by Crippen LogP contribution is 2.20. The van der Waals surface area contributed by atoms with Crippen molar-refractivity contribution in [3.63, 3.8) is 0 Å². The minimum Gasteiger partial charge on any atom is -0.322 e. The van der Waals surface area contributed by atoms with Gasteiger partial charge in [-0.25, -0.2) is 12.8 Å². The maximum absolute atomic E-state index is 13.6. The number of amides is 1. The second-order valence-corrected chi connectivity index (χ2v) is 6.83. The number of rotatable bonds is 5. The first kappa shape index (κ1) is 16.6. The van der Waals surface area contributed by atoms with Crippen molar-refractivity contribution in [3.8, 4) is 0 Å². The summed E-state index contributed by atoms with van der Waals surface area (Å²) in [5.74, 6) is -1.30. The Balaban J connectivity index is 3.01. The van der Waals surface area contributed by atoms with Crippen LogP contribution in [0, 0.1) is 11.7 Å². The molecule has 0 aromatic heterocycles. The molecule has 0 saturated carbocycles. The van der Waals surface area contributed by atoms with Gasteiger partial charge in [0.1, 0.15) is 5.82 Å². The summed E-state index contributed by atoms with van der Waals surface area (Å²) in [4.78, 5) is 11.8. The highest BCUT2D eigenvalue weighted by molar-refractivity contribution is 7.90. The number of sulfone groups is 1. The minimum atomic E-state index is -3.47. The summed E-state index contributed by atoms with van der Waals surface area (Å²) >= 11 is 0. The van der Waals surface area contributed by atoms with Crippen LogP contribution in [0.25, 0.3) is 0 Å². The van der Waals surface area contributed by atoms with Crippen LogP contribution < -0.4 is 11.1 Å². The molecule has 0 bridgehead atoms. The van der Waals surface area contributed by atoms with Crippen molar-refractivity contribution < 1.29 is 17.6 Å². The number of halogens is 1. The van der Waals surface area contributed by atoms with Gasteiger partial charge in [0.2, 0.25) is 5.91 Å². The lowest BCUT2D eigenvalue weighted by Gasteiger charge is -2.18. The van der Waals surface area contributed by atoms with Gasteiger partial charge in [0, 0.05) is 6.26 Å². The third-order valence-electron chi connectivity index (χ3n) is 3.18. The number of nitrogens with one attached hydrogen (secondary N) is 1. The zero-order valence-electron chi connectivity index (χ0n) is 11.7. The molecule has 7 heteroatoms. The molecule has 5 nitrogen and oxygen atoms in total. The number of hydrogen-bond donors (Lipinski definition) is 2. The summed E-state index contributed by atoms with van der Waals surface area (Å²) in [6, 6.07) is 2.46. The molecule has 20 heavy (non-hydrogen) atoms. The predicted molar refractivity (Wildman–Crippen MR) is 75.6 cm³/mol. The number of nitrogens with two attached hydrogens (primary N) is 1. The lowest BCUT2D eigenvalue weighted by Crippen LogP contribution is -2.40. The lowest BCUT2D eigenvalue weighted by atomic mass is 9.99. The van der Waals surface area contributed by atoms with Crippen molar-refractivity contribution in [2.24, 2.45) is 11.7 Å². The van der Waals surface area contributed by atoms with Crippen LogP contribution in [0.1, 0.15) is 20.3 Å². The second-order valence-electron chi connectivity index (χ2n) is 4.81. The second kappa shape index (κ2) is 6.32. The zero-order valence-corrected chi connectivity index (χ0v) is 12.5. The van der Waals surface area contributed by atoms with Crippen LogP contribution in [0.15, 0.2) is 23.1 Å². The van der Waals surface area contributed by atoms with Crippen LogP contribution in [-0.4, -0.2) is 26.6 Å². The summed E-state index contributed by atoms with van der Waals surface area (Å²) in [6.07, 6.45) is 1.72. The van der Waals surface area contributed by atoms with Gasteiger partial charge >= 0.3 is 0 Å². The summed E-state index contributed by atoms with van der Waals surface area (Å²) in [5.41, 5.74) is 5.56. The molecule has 0 heterocycles. The monoisotopic (exact) mass is 302 g/mol. The zero-order chi connectivity index (χ0) is 15.5. The number of anilines is 1. The molecule has 0 aliphatic rings. The van der Waals surface area contributed by atoms with Gasteiger partial charge in [-0.05, 0) is 24.1 Å². The highest BCUT2D eigenvalue weighted by Gasteiger charge is 2.21. The van der Waals surface area contributed by atoms with Crippen LogP contribution in [0.2, 0.25) is 0 Å². The Morgan fingerprint density at radius 2 is 2.05 bits per heavy atom. The summed E-state index contributed by atoms with van der Waals surface area (Å²) in [5, 5.41) is 2.33. The van der Waals surface area contributed by atoms with E-state index < -0.39 is 27.6 Å². The third kappa shape index (κ3) is 4.01. The SMILES string of the molecule is CC[C@H](C)[C@H](N)C(=O)Nc1cc(S(C)(=O)=O)ccc1F. The highest BCUT2D eigenvalue weighted by atomic mass is 32.2. The molecule has 3 N–H and O–H groups in total. The molecular weight excluding hydrogens is 283 g/mol. The van der Waals surface area contributed by atoms with Crippen molar-refractivity contribution in [2.75, 3.05) is 11.6 Å². The van der Waals surface area contributed by atoms with Gasteiger partial charge < -0.3 is 11.1 Å². The molecule has 112 valence electrons. The Hall–Kier alpha value is -1.47. The fraction of sp³-hybridized carbons (Fsp3) is 0.462. The quantitative estimate of drug-likeness (QED) is 0.807. The van der Waals surface area contributed by atoms with E-state index in [1.54, 1.807) is 0 Å². The molecule has 0 saturated heterocycles. The molecule has 1 amide bonds. The molecule has 1 aromatic carbocycles. The van der Waals surface area contributed by atoms with E-state index in [0.29, 0.717) is 6.42 Å². The van der Waals surface area contributed by atoms with Gasteiger partial charge in [-0.3, -0.25) is 4.79 Å². The molecule has 0 aliphatic heterocycles. The van der Waals surface area contributed by atoms with Crippen molar-refractivity contribution >= 4 is 21.4 Å². The van der Waals surface area contributed by atoms with E-state index in [-0.39, 0.29) is 16.5 Å². The van der Waals surface area contributed by atoms with Crippen molar-refractivity contribution in [3.05, 3.63) is 24.0 Å². The maximum Gasteiger partial charge on any atom is 0.241 e. The van der Waals surface area contributed by atoms with E-state index in [2.05, 4.69) is 5.32 Å². The van der Waals surface area contributed by atoms with Gasteiger partial charge in [0.15, 0.2) is 9.84 Å². The summed E-state index contributed by atoms with van der Waals surface area (Å²) in [6.45, 7) is 3.70. The largest absolute Gasteiger partial charge is 0.322 e. The van der Waals surface area contributed by atoms with Crippen molar-refractivity contribution in [2.45, 2.75) is 31.2 Å². The average molecular weight is 302 g/mol. The molecule has 0 radical (unpaired) electrons. The lowest BCUT2D eigenvalue weighted by molar-refractivity contribution is -0.118. The number of carbonyl (C=O) groups is 1. The normalized spacial score (nSPS) is 14.7. The summed E-state index contributed by atoms with van der Waals surface area (Å²) in [7, 11) is -3.47. The molecule has 0 aliphatic carbocycles. The molecule has 1 rings (SSSR count). The Morgan fingerprint density at radius 3 is 2.55 bits per heavy atom. The van der Waals surface area contributed by atoms with Gasteiger partial charge in [0.25, 0.3) is 0 Å². The van der Waals surface area contributed by atoms with Crippen LogP contribution in [-0.2, 0) is 14.6 Å². The predicted octanol–water partition coefficient (Wildman–Crippen LogP) is 1.54. The molecule has 0 spiro atoms. The Labute approximate surface area is 118 Å². The van der Waals surface area contributed by atoms with Gasteiger partial charge in [-0.2, -0.15) is 0 Å². The van der Waals surface area contributed by atoms with E-state index in [1.165, 1.54) is 0 Å². The Kier molecular flexibility index (Phi) is 5.24. The van der Waals surface area contributed by atoms with Crippen molar-refractivity contribution in [1.82, 2.24) is 0 Å². The first-order chi connectivity index (χ1) is 9.16. The number of benzene rings is 1. The van der Waals surface area contributed by atoms with E-state index in [4.69, 9.17) is 5.73 Å². The minimum absolute atomic E-state index is 0.0591. The van der Waals surface area contributed by atoms with Gasteiger partial charge in [-0.1, -0.05) is 20.3 Å². The van der Waals surface area contributed by atoms with E-state index in [0.717, 1.165) is 24.5 Å². The molecular formula is C13H19FN2O3S. The molecule has 1 aromatic rings. The Bertz CT molecular complexity index is 602. The third-order valence-corrected chi connectivity index (χ3v) is 4.29. The summed E-state index contributed by atoms with van der Waals surface area (Å²) < 4.78 is 36.4. The average Bonchev–Trinajstić information content (AvgIpc) is 2.38. The maximum atomic E-state index is 13.6. The molecule has 0 unspecified atom stereocenters. The van der Waals surface area contributed by atoms with Crippen LogP contribution in [0.3, 0.4) is 0 Å². The standard InChI is InChI=1S/C13H19FN2O3S/c1-4-8(2)12(15)13(17)16-11-7-9(20(3,18)19)5-6-10(11)14/h5-8,12H,4,15H2,1-3H3,(H,16,17)/t8-,12-/m0/s1.